The summed E-state index contributed by atoms with van der Waals surface area (Å²) in [5, 5.41) is 49.0. The second-order valence-electron chi connectivity index (χ2n) is 10.4. The first-order valence-electron chi connectivity index (χ1n) is 14.5. The lowest BCUT2D eigenvalue weighted by Crippen LogP contribution is -2.62. The van der Waals surface area contributed by atoms with Crippen LogP contribution in [0.15, 0.2) is 30.5 Å². The van der Waals surface area contributed by atoms with Crippen LogP contribution >= 0.6 is 0 Å². The third-order valence-electron chi connectivity index (χ3n) is 6.99. The molecular weight excluding hydrogens is 608 g/mol. The summed E-state index contributed by atoms with van der Waals surface area (Å²) in [5.41, 5.74) is 12.8. The van der Waals surface area contributed by atoms with Gasteiger partial charge in [-0.25, -0.2) is 9.86 Å². The average Bonchev–Trinajstić information content (AvgIpc) is 3.45. The molecule has 18 nitrogen and oxygen atoms in total. The number of para-hydroxylation sites is 1. The van der Waals surface area contributed by atoms with Crippen LogP contribution < -0.4 is 32.7 Å². The number of rotatable bonds is 21. The van der Waals surface area contributed by atoms with Gasteiger partial charge < -0.3 is 53.0 Å². The van der Waals surface area contributed by atoms with Gasteiger partial charge in [0, 0.05) is 36.6 Å². The summed E-state index contributed by atoms with van der Waals surface area (Å²) in [6.45, 7) is -0.445. The lowest BCUT2D eigenvalue weighted by molar-refractivity contribution is -0.152. The fraction of sp³-hybridized carbons (Fsp3) is 0.500. The number of unbranched alkanes of at least 4 members (excludes halogenated alkanes) is 1. The first-order chi connectivity index (χ1) is 21.9. The second-order valence-corrected chi connectivity index (χ2v) is 10.4. The Kier molecular flexibility index (Phi) is 15.5. The molecule has 0 saturated heterocycles. The Morgan fingerprint density at radius 1 is 0.957 bits per heavy atom. The minimum absolute atomic E-state index is 0.0275. The van der Waals surface area contributed by atoms with E-state index in [1.54, 1.807) is 12.3 Å². The Hall–Kier alpha value is -4.62. The summed E-state index contributed by atoms with van der Waals surface area (Å²) in [4.78, 5) is 77.0. The van der Waals surface area contributed by atoms with E-state index in [-0.39, 0.29) is 38.8 Å². The Morgan fingerprint density at radius 3 is 2.30 bits per heavy atom. The van der Waals surface area contributed by atoms with E-state index in [4.69, 9.17) is 16.7 Å². The highest BCUT2D eigenvalue weighted by Crippen LogP contribution is 2.19. The molecule has 18 heteroatoms. The van der Waals surface area contributed by atoms with E-state index in [0.717, 1.165) is 10.9 Å². The van der Waals surface area contributed by atoms with Gasteiger partial charge in [-0.1, -0.05) is 18.2 Å². The van der Waals surface area contributed by atoms with Gasteiger partial charge in [-0.05, 0) is 43.9 Å². The van der Waals surface area contributed by atoms with Crippen LogP contribution in [0.3, 0.4) is 0 Å². The molecule has 2 aromatic rings. The van der Waals surface area contributed by atoms with Crippen LogP contribution in [0.2, 0.25) is 0 Å². The monoisotopic (exact) mass is 650 g/mol. The number of nitrogens with two attached hydrogens (primary N) is 2. The number of nitrogens with zero attached hydrogens (tertiary/aromatic N) is 1. The van der Waals surface area contributed by atoms with Crippen LogP contribution in [0.4, 0.5) is 0 Å². The molecule has 0 aliphatic heterocycles. The number of hydrogen-bond acceptors (Lipinski definition) is 11. The van der Waals surface area contributed by atoms with Crippen LogP contribution in [0.5, 0.6) is 0 Å². The molecule has 0 fully saturated rings. The number of carboxylic acids is 1. The number of aromatic amines is 1. The van der Waals surface area contributed by atoms with Gasteiger partial charge in [0.15, 0.2) is 6.10 Å². The first kappa shape index (κ1) is 37.6. The molecule has 46 heavy (non-hydrogen) atoms. The summed E-state index contributed by atoms with van der Waals surface area (Å²) >= 11 is 0. The van der Waals surface area contributed by atoms with E-state index in [1.165, 1.54) is 0 Å². The number of aromatic nitrogens is 1. The molecule has 254 valence electrons. The third kappa shape index (κ3) is 11.4. The molecule has 0 saturated carbocycles. The number of hydrogen-bond donors (Lipinski definition) is 11. The molecule has 5 amide bonds. The zero-order valence-electron chi connectivity index (χ0n) is 25.1. The van der Waals surface area contributed by atoms with Crippen LogP contribution in [0, 0.1) is 0 Å². The Morgan fingerprint density at radius 2 is 1.65 bits per heavy atom. The maximum atomic E-state index is 13.2. The molecule has 0 aliphatic rings. The maximum Gasteiger partial charge on any atom is 0.335 e. The molecule has 0 radical (unpaired) electrons. The van der Waals surface area contributed by atoms with E-state index in [1.807, 2.05) is 23.5 Å². The van der Waals surface area contributed by atoms with E-state index >= 15 is 0 Å². The molecule has 1 aromatic carbocycles. The van der Waals surface area contributed by atoms with Crippen molar-refractivity contribution in [3.8, 4) is 0 Å². The van der Waals surface area contributed by atoms with E-state index in [2.05, 4.69) is 20.9 Å². The largest absolute Gasteiger partial charge is 0.479 e. The smallest absolute Gasteiger partial charge is 0.335 e. The third-order valence-corrected chi connectivity index (χ3v) is 6.99. The molecular formula is C28H42N8O10. The van der Waals surface area contributed by atoms with Crippen molar-refractivity contribution in [2.75, 3.05) is 26.2 Å². The summed E-state index contributed by atoms with van der Waals surface area (Å²) in [5.74, 6) is -5.83. The quantitative estimate of drug-likeness (QED) is 0.0270. The number of benzene rings is 1. The van der Waals surface area contributed by atoms with Crippen molar-refractivity contribution in [3.63, 3.8) is 0 Å². The van der Waals surface area contributed by atoms with Crippen molar-refractivity contribution >= 4 is 46.9 Å². The number of aliphatic hydroxyl groups excluding tert-OH is 2. The van der Waals surface area contributed by atoms with Crippen molar-refractivity contribution in [2.24, 2.45) is 11.5 Å². The van der Waals surface area contributed by atoms with Gasteiger partial charge in [0.2, 0.25) is 30.0 Å². The molecule has 2 rings (SSSR count). The molecule has 1 aromatic heterocycles. The van der Waals surface area contributed by atoms with Crippen molar-refractivity contribution in [1.29, 1.82) is 0 Å². The molecule has 1 heterocycles. The zero-order valence-corrected chi connectivity index (χ0v) is 25.1. The normalized spacial score (nSPS) is 14.3. The van der Waals surface area contributed by atoms with Crippen LogP contribution in [0.1, 0.15) is 31.2 Å². The van der Waals surface area contributed by atoms with Crippen molar-refractivity contribution in [3.05, 3.63) is 36.0 Å². The van der Waals surface area contributed by atoms with Crippen molar-refractivity contribution in [1.82, 2.24) is 31.3 Å². The highest BCUT2D eigenvalue weighted by atomic mass is 16.5. The van der Waals surface area contributed by atoms with Crippen LogP contribution in [-0.2, 0) is 35.2 Å². The lowest BCUT2D eigenvalue weighted by Gasteiger charge is -2.26. The van der Waals surface area contributed by atoms with Crippen LogP contribution in [0.25, 0.3) is 10.9 Å². The number of fused-ring (bicyclic) bond motifs is 1. The Balaban J connectivity index is 2.17. The lowest BCUT2D eigenvalue weighted by atomic mass is 10.0. The SMILES string of the molecule is NCCCCNC(=O)[C@H](Cc1c[nH]c2ccccc12)NC(=O)[C@H](CO)NC(=O)[C@H](NC(=O)[C@@H](N)CCCN(O)C=O)[C@@H](O)C(=O)O. The number of carbonyl (C=O) groups excluding carboxylic acids is 5. The molecule has 5 atom stereocenters. The number of nitrogens with one attached hydrogen (secondary N) is 5. The molecule has 0 aliphatic carbocycles. The van der Waals surface area contributed by atoms with Crippen molar-refractivity contribution < 1.29 is 49.3 Å². The summed E-state index contributed by atoms with van der Waals surface area (Å²) in [7, 11) is 0. The van der Waals surface area contributed by atoms with Gasteiger partial charge in [0.05, 0.1) is 12.6 Å². The zero-order chi connectivity index (χ0) is 34.2. The highest BCUT2D eigenvalue weighted by Gasteiger charge is 2.37. The van der Waals surface area contributed by atoms with Gasteiger partial charge >= 0.3 is 5.97 Å². The fourth-order valence-corrected chi connectivity index (χ4v) is 4.41. The molecule has 0 unspecified atom stereocenters. The standard InChI is InChI=1S/C28H42N8O10/c29-9-3-4-10-31-25(41)20(12-16-13-32-19-8-2-1-6-17(16)19)33-26(42)21(14-37)34-27(43)22(23(39)28(44)45)35-24(40)18(30)7-5-11-36(46)15-38/h1-2,6,8,13,15,18,20-23,32,37,39,46H,3-5,7,9-12,14,29-30H2,(H,31,41)(H,33,42)(H,34,43)(H,35,40)(H,44,45)/t18-,20-,21-,22+,23+/m0/s1. The number of hydroxylamine groups is 2. The number of aliphatic carboxylic acids is 1. The van der Waals surface area contributed by atoms with E-state index in [9.17, 15) is 44.1 Å². The summed E-state index contributed by atoms with van der Waals surface area (Å²) in [6.07, 6.45) is 0.595. The molecule has 13 N–H and O–H groups in total. The minimum atomic E-state index is -2.48. The highest BCUT2D eigenvalue weighted by molar-refractivity contribution is 5.97. The number of carboxylic acid groups (broad SMARTS) is 1. The van der Waals surface area contributed by atoms with Gasteiger partial charge in [0.1, 0.15) is 18.1 Å². The summed E-state index contributed by atoms with van der Waals surface area (Å²) < 4.78 is 0. The maximum absolute atomic E-state index is 13.2. The molecule has 0 spiro atoms. The minimum Gasteiger partial charge on any atom is -0.479 e. The summed E-state index contributed by atoms with van der Waals surface area (Å²) in [6, 6.07) is 0.930. The van der Waals surface area contributed by atoms with Crippen LogP contribution in [-0.4, -0.2) is 123 Å². The van der Waals surface area contributed by atoms with E-state index in [0.29, 0.717) is 30.0 Å². The number of amides is 5. The van der Waals surface area contributed by atoms with Gasteiger partial charge in [-0.15, -0.1) is 0 Å². The van der Waals surface area contributed by atoms with Gasteiger partial charge in [0.25, 0.3) is 0 Å². The number of carbonyl (C=O) groups is 6. The number of H-pyrrole nitrogens is 1. The molecule has 0 bridgehead atoms. The number of aliphatic hydroxyl groups is 2. The fourth-order valence-electron chi connectivity index (χ4n) is 4.41. The Bertz CT molecular complexity index is 1340. The van der Waals surface area contributed by atoms with Gasteiger partial charge in [-0.3, -0.25) is 29.2 Å². The Labute approximate surface area is 263 Å². The predicted octanol–water partition coefficient (Wildman–Crippen LogP) is -3.59. The van der Waals surface area contributed by atoms with Crippen molar-refractivity contribution in [2.45, 2.75) is 62.4 Å². The predicted molar refractivity (Wildman–Crippen MR) is 162 cm³/mol. The first-order valence-corrected chi connectivity index (χ1v) is 14.5. The topological polar surface area (TPSA) is 303 Å². The average molecular weight is 651 g/mol. The van der Waals surface area contributed by atoms with Gasteiger partial charge in [-0.2, -0.15) is 0 Å². The second kappa shape index (κ2) is 19.0. The van der Waals surface area contributed by atoms with E-state index < -0.39 is 66.5 Å².